The van der Waals surface area contributed by atoms with Crippen LogP contribution in [0, 0.1) is 0 Å². The van der Waals surface area contributed by atoms with Gasteiger partial charge >= 0.3 is 0 Å². The standard InChI is InChI=1S/C19H17N3O4/c1-10-18(24)22-15-8-11(6-7-16(15)26-10)20-19(25)13-9-17(23)21-14-5-3-2-4-12(13)14/h2-8,10,13H,9H2,1H3,(H,20,25)(H,21,23)(H,22,24)/t10-,13+/m1/s1. The molecule has 0 saturated carbocycles. The van der Waals surface area contributed by atoms with Crippen LogP contribution in [0.4, 0.5) is 17.1 Å². The van der Waals surface area contributed by atoms with Crippen molar-refractivity contribution in [1.29, 1.82) is 0 Å². The number of hydrogen-bond acceptors (Lipinski definition) is 4. The van der Waals surface area contributed by atoms with Crippen LogP contribution in [0.2, 0.25) is 0 Å². The molecule has 2 aromatic carbocycles. The Morgan fingerprint density at radius 3 is 2.77 bits per heavy atom. The minimum atomic E-state index is -0.568. The Balaban J connectivity index is 1.57. The Hall–Kier alpha value is -3.35. The van der Waals surface area contributed by atoms with Crippen molar-refractivity contribution in [2.24, 2.45) is 0 Å². The van der Waals surface area contributed by atoms with E-state index in [1.54, 1.807) is 31.2 Å². The lowest BCUT2D eigenvalue weighted by Gasteiger charge is -2.26. The summed E-state index contributed by atoms with van der Waals surface area (Å²) in [5.41, 5.74) is 2.47. The number of ether oxygens (including phenoxy) is 1. The monoisotopic (exact) mass is 351 g/mol. The van der Waals surface area contributed by atoms with Crippen LogP contribution in [0.3, 0.4) is 0 Å². The topological polar surface area (TPSA) is 96.5 Å². The molecule has 0 unspecified atom stereocenters. The third kappa shape index (κ3) is 2.88. The predicted molar refractivity (Wildman–Crippen MR) is 96.2 cm³/mol. The molecule has 2 aliphatic heterocycles. The van der Waals surface area contributed by atoms with Crippen LogP contribution in [0.1, 0.15) is 24.8 Å². The van der Waals surface area contributed by atoms with E-state index in [-0.39, 0.29) is 24.1 Å². The lowest BCUT2D eigenvalue weighted by Crippen LogP contribution is -2.34. The van der Waals surface area contributed by atoms with Crippen LogP contribution in [0.25, 0.3) is 0 Å². The number of para-hydroxylation sites is 1. The summed E-state index contributed by atoms with van der Waals surface area (Å²) in [7, 11) is 0. The fourth-order valence-electron chi connectivity index (χ4n) is 3.16. The molecule has 0 spiro atoms. The van der Waals surface area contributed by atoms with Crippen molar-refractivity contribution in [2.75, 3.05) is 16.0 Å². The van der Waals surface area contributed by atoms with Crippen LogP contribution >= 0.6 is 0 Å². The molecule has 0 bridgehead atoms. The highest BCUT2D eigenvalue weighted by molar-refractivity contribution is 6.05. The van der Waals surface area contributed by atoms with Gasteiger partial charge in [-0.2, -0.15) is 0 Å². The molecule has 7 nitrogen and oxygen atoms in total. The Kier molecular flexibility index (Phi) is 3.84. The minimum Gasteiger partial charge on any atom is -0.479 e. The highest BCUT2D eigenvalue weighted by Crippen LogP contribution is 2.35. The average Bonchev–Trinajstić information content (AvgIpc) is 2.62. The molecule has 2 aromatic rings. The summed E-state index contributed by atoms with van der Waals surface area (Å²) in [5, 5.41) is 8.35. The third-order valence-electron chi connectivity index (χ3n) is 4.49. The lowest BCUT2D eigenvalue weighted by molar-refractivity contribution is -0.123. The van der Waals surface area contributed by atoms with Gasteiger partial charge in [-0.25, -0.2) is 0 Å². The first kappa shape index (κ1) is 16.1. The number of fused-ring (bicyclic) bond motifs is 2. The Bertz CT molecular complexity index is 925. The summed E-state index contributed by atoms with van der Waals surface area (Å²) >= 11 is 0. The number of nitrogens with one attached hydrogen (secondary N) is 3. The van der Waals surface area contributed by atoms with Crippen molar-refractivity contribution in [3.8, 4) is 5.75 Å². The summed E-state index contributed by atoms with van der Waals surface area (Å²) in [6, 6.07) is 12.3. The molecular weight excluding hydrogens is 334 g/mol. The zero-order valence-corrected chi connectivity index (χ0v) is 14.0. The molecule has 3 amide bonds. The van der Waals surface area contributed by atoms with E-state index in [4.69, 9.17) is 4.74 Å². The first-order chi connectivity index (χ1) is 12.5. The van der Waals surface area contributed by atoms with Crippen molar-refractivity contribution < 1.29 is 19.1 Å². The Morgan fingerprint density at radius 2 is 1.92 bits per heavy atom. The number of carbonyl (C=O) groups excluding carboxylic acids is 3. The first-order valence-corrected chi connectivity index (χ1v) is 8.32. The van der Waals surface area contributed by atoms with E-state index in [2.05, 4.69) is 16.0 Å². The second-order valence-electron chi connectivity index (χ2n) is 6.34. The normalized spacial score (nSPS) is 20.8. The molecule has 0 fully saturated rings. The van der Waals surface area contributed by atoms with Gasteiger partial charge in [-0.3, -0.25) is 14.4 Å². The molecule has 2 atom stereocenters. The van der Waals surface area contributed by atoms with Gasteiger partial charge in [-0.05, 0) is 36.8 Å². The summed E-state index contributed by atoms with van der Waals surface area (Å²) < 4.78 is 5.50. The van der Waals surface area contributed by atoms with Gasteiger partial charge in [0.15, 0.2) is 6.10 Å². The molecule has 2 aliphatic rings. The minimum absolute atomic E-state index is 0.0884. The zero-order valence-electron chi connectivity index (χ0n) is 14.0. The second kappa shape index (κ2) is 6.18. The van der Waals surface area contributed by atoms with Crippen LogP contribution in [-0.2, 0) is 14.4 Å². The summed E-state index contributed by atoms with van der Waals surface area (Å²) in [6.07, 6.45) is -0.467. The SMILES string of the molecule is C[C@H]1Oc2ccc(NC(=O)[C@H]3CC(=O)Nc4ccccc43)cc2NC1=O. The van der Waals surface area contributed by atoms with Gasteiger partial charge in [0, 0.05) is 17.8 Å². The molecule has 0 aliphatic carbocycles. The van der Waals surface area contributed by atoms with Crippen molar-refractivity contribution >= 4 is 34.8 Å². The van der Waals surface area contributed by atoms with Gasteiger partial charge in [-0.15, -0.1) is 0 Å². The second-order valence-corrected chi connectivity index (χ2v) is 6.34. The van der Waals surface area contributed by atoms with Crippen LogP contribution in [0.15, 0.2) is 42.5 Å². The fourth-order valence-corrected chi connectivity index (χ4v) is 3.16. The van der Waals surface area contributed by atoms with E-state index in [0.29, 0.717) is 22.8 Å². The Labute approximate surface area is 149 Å². The molecule has 2 heterocycles. The number of amides is 3. The maximum absolute atomic E-state index is 12.8. The molecule has 0 radical (unpaired) electrons. The molecule has 0 aromatic heterocycles. The van der Waals surface area contributed by atoms with E-state index in [9.17, 15) is 14.4 Å². The predicted octanol–water partition coefficient (Wildman–Crippen LogP) is 2.47. The largest absolute Gasteiger partial charge is 0.479 e. The maximum atomic E-state index is 12.8. The maximum Gasteiger partial charge on any atom is 0.265 e. The first-order valence-electron chi connectivity index (χ1n) is 8.32. The van der Waals surface area contributed by atoms with E-state index in [0.717, 1.165) is 5.56 Å². The Morgan fingerprint density at radius 1 is 1.12 bits per heavy atom. The van der Waals surface area contributed by atoms with Crippen molar-refractivity contribution in [1.82, 2.24) is 0 Å². The quantitative estimate of drug-likeness (QED) is 0.774. The van der Waals surface area contributed by atoms with E-state index in [1.165, 1.54) is 0 Å². The highest BCUT2D eigenvalue weighted by Gasteiger charge is 2.31. The van der Waals surface area contributed by atoms with Crippen molar-refractivity contribution in [3.63, 3.8) is 0 Å². The third-order valence-corrected chi connectivity index (χ3v) is 4.49. The average molecular weight is 351 g/mol. The summed E-state index contributed by atoms with van der Waals surface area (Å²) in [4.78, 5) is 36.4. The van der Waals surface area contributed by atoms with E-state index >= 15 is 0 Å². The lowest BCUT2D eigenvalue weighted by atomic mass is 9.90. The van der Waals surface area contributed by atoms with Gasteiger partial charge in [0.05, 0.1) is 11.6 Å². The van der Waals surface area contributed by atoms with Crippen LogP contribution < -0.4 is 20.7 Å². The number of carbonyl (C=O) groups is 3. The van der Waals surface area contributed by atoms with Crippen molar-refractivity contribution in [2.45, 2.75) is 25.4 Å². The van der Waals surface area contributed by atoms with Gasteiger partial charge in [0.25, 0.3) is 5.91 Å². The van der Waals surface area contributed by atoms with Crippen molar-refractivity contribution in [3.05, 3.63) is 48.0 Å². The summed E-state index contributed by atoms with van der Waals surface area (Å²) in [6.45, 7) is 1.67. The van der Waals surface area contributed by atoms with Gasteiger partial charge in [-0.1, -0.05) is 18.2 Å². The molecule has 26 heavy (non-hydrogen) atoms. The molecule has 7 heteroatoms. The van der Waals surface area contributed by atoms with E-state index < -0.39 is 12.0 Å². The van der Waals surface area contributed by atoms with Gasteiger partial charge in [0.1, 0.15) is 5.75 Å². The number of anilines is 3. The fraction of sp³-hybridized carbons (Fsp3) is 0.211. The summed E-state index contributed by atoms with van der Waals surface area (Å²) in [5.74, 6) is -0.717. The van der Waals surface area contributed by atoms with Gasteiger partial charge < -0.3 is 20.7 Å². The zero-order chi connectivity index (χ0) is 18.3. The number of benzene rings is 2. The number of rotatable bonds is 2. The number of hydrogen-bond donors (Lipinski definition) is 3. The highest BCUT2D eigenvalue weighted by atomic mass is 16.5. The smallest absolute Gasteiger partial charge is 0.265 e. The molecule has 0 saturated heterocycles. The van der Waals surface area contributed by atoms with Crippen LogP contribution in [0.5, 0.6) is 5.75 Å². The molecular formula is C19H17N3O4. The van der Waals surface area contributed by atoms with Crippen LogP contribution in [-0.4, -0.2) is 23.8 Å². The molecule has 4 rings (SSSR count). The molecule has 132 valence electrons. The van der Waals surface area contributed by atoms with Gasteiger partial charge in [0.2, 0.25) is 11.8 Å². The van der Waals surface area contributed by atoms with E-state index in [1.807, 2.05) is 18.2 Å². The molecule has 3 N–H and O–H groups in total.